The number of aliphatic carboxylic acids is 1. The molecule has 0 saturated carbocycles. The standard InChI is InChI=1S/C11H10O5/c1-16-8-4-2-3-7(5-8)9(12)6-10(13)11(14)15/h2-6,13H,1H3,(H,14,15)/b10-6-. The zero-order valence-corrected chi connectivity index (χ0v) is 8.51. The summed E-state index contributed by atoms with van der Waals surface area (Å²) in [4.78, 5) is 21.8. The first-order chi connectivity index (χ1) is 7.54. The highest BCUT2D eigenvalue weighted by molar-refractivity contribution is 6.07. The van der Waals surface area contributed by atoms with Gasteiger partial charge in [-0.05, 0) is 12.1 Å². The molecule has 0 atom stereocenters. The fourth-order valence-corrected chi connectivity index (χ4v) is 1.05. The van der Waals surface area contributed by atoms with Crippen molar-refractivity contribution in [2.75, 3.05) is 7.11 Å². The lowest BCUT2D eigenvalue weighted by Gasteiger charge is -2.01. The SMILES string of the molecule is COc1cccc(C(=O)/C=C(\O)C(=O)O)c1. The van der Waals surface area contributed by atoms with E-state index < -0.39 is 17.5 Å². The van der Waals surface area contributed by atoms with Crippen LogP contribution in [0.3, 0.4) is 0 Å². The summed E-state index contributed by atoms with van der Waals surface area (Å²) < 4.78 is 4.91. The Labute approximate surface area is 91.6 Å². The van der Waals surface area contributed by atoms with Crippen LogP contribution in [0.15, 0.2) is 36.1 Å². The van der Waals surface area contributed by atoms with E-state index in [1.54, 1.807) is 12.1 Å². The summed E-state index contributed by atoms with van der Waals surface area (Å²) in [5.41, 5.74) is 0.243. The molecular formula is C11H10O5. The fourth-order valence-electron chi connectivity index (χ4n) is 1.05. The zero-order valence-electron chi connectivity index (χ0n) is 8.51. The van der Waals surface area contributed by atoms with E-state index in [-0.39, 0.29) is 5.56 Å². The van der Waals surface area contributed by atoms with E-state index in [0.717, 1.165) is 0 Å². The Balaban J connectivity index is 2.97. The molecule has 0 aliphatic carbocycles. The maximum absolute atomic E-state index is 11.5. The van der Waals surface area contributed by atoms with Gasteiger partial charge in [0, 0.05) is 11.6 Å². The highest BCUT2D eigenvalue weighted by Gasteiger charge is 2.09. The second-order valence-corrected chi connectivity index (χ2v) is 2.93. The number of allylic oxidation sites excluding steroid dienone is 1. The van der Waals surface area contributed by atoms with Gasteiger partial charge >= 0.3 is 5.97 Å². The summed E-state index contributed by atoms with van der Waals surface area (Å²) in [5.74, 6) is -2.66. The van der Waals surface area contributed by atoms with Gasteiger partial charge in [-0.1, -0.05) is 12.1 Å². The van der Waals surface area contributed by atoms with E-state index in [9.17, 15) is 9.59 Å². The summed E-state index contributed by atoms with van der Waals surface area (Å²) in [5, 5.41) is 17.3. The molecule has 1 aromatic carbocycles. The van der Waals surface area contributed by atoms with E-state index in [0.29, 0.717) is 11.8 Å². The number of benzene rings is 1. The molecule has 5 nitrogen and oxygen atoms in total. The van der Waals surface area contributed by atoms with Crippen LogP contribution in [0.5, 0.6) is 5.75 Å². The largest absolute Gasteiger partial charge is 0.502 e. The lowest BCUT2D eigenvalue weighted by Crippen LogP contribution is -2.04. The molecule has 84 valence electrons. The van der Waals surface area contributed by atoms with Gasteiger partial charge in [-0.3, -0.25) is 4.79 Å². The molecule has 0 aliphatic heterocycles. The predicted octanol–water partition coefficient (Wildman–Crippen LogP) is 1.40. The van der Waals surface area contributed by atoms with Gasteiger partial charge in [-0.25, -0.2) is 4.79 Å². The average molecular weight is 222 g/mol. The summed E-state index contributed by atoms with van der Waals surface area (Å²) in [6.45, 7) is 0. The van der Waals surface area contributed by atoms with E-state index >= 15 is 0 Å². The van der Waals surface area contributed by atoms with Crippen molar-refractivity contribution in [3.63, 3.8) is 0 Å². The number of carboxylic acids is 1. The molecule has 0 amide bonds. The van der Waals surface area contributed by atoms with Crippen molar-refractivity contribution in [1.82, 2.24) is 0 Å². The number of carbonyl (C=O) groups excluding carboxylic acids is 1. The lowest BCUT2D eigenvalue weighted by molar-refractivity contribution is -0.135. The van der Waals surface area contributed by atoms with Crippen molar-refractivity contribution < 1.29 is 24.5 Å². The number of hydrogen-bond acceptors (Lipinski definition) is 4. The maximum atomic E-state index is 11.5. The summed E-state index contributed by atoms with van der Waals surface area (Å²) in [6.07, 6.45) is 0.650. The number of rotatable bonds is 4. The minimum absolute atomic E-state index is 0.243. The molecule has 0 heterocycles. The monoisotopic (exact) mass is 222 g/mol. The topological polar surface area (TPSA) is 83.8 Å². The van der Waals surface area contributed by atoms with Gasteiger partial charge in [-0.15, -0.1) is 0 Å². The second-order valence-electron chi connectivity index (χ2n) is 2.93. The Morgan fingerprint density at radius 1 is 1.31 bits per heavy atom. The minimum Gasteiger partial charge on any atom is -0.502 e. The second kappa shape index (κ2) is 4.97. The van der Waals surface area contributed by atoms with Gasteiger partial charge in [0.05, 0.1) is 7.11 Å². The number of aliphatic hydroxyl groups is 1. The Hall–Kier alpha value is -2.30. The van der Waals surface area contributed by atoms with Crippen LogP contribution in [-0.4, -0.2) is 29.1 Å². The van der Waals surface area contributed by atoms with Crippen molar-refractivity contribution in [2.24, 2.45) is 0 Å². The normalized spacial score (nSPS) is 10.9. The Bertz CT molecular complexity index is 447. The van der Waals surface area contributed by atoms with Crippen LogP contribution in [0.4, 0.5) is 0 Å². The molecule has 0 radical (unpaired) electrons. The van der Waals surface area contributed by atoms with Gasteiger partial charge in [0.1, 0.15) is 5.75 Å². The van der Waals surface area contributed by atoms with Gasteiger partial charge in [0.15, 0.2) is 5.78 Å². The maximum Gasteiger partial charge on any atom is 0.371 e. The number of hydrogen-bond donors (Lipinski definition) is 2. The lowest BCUT2D eigenvalue weighted by atomic mass is 10.1. The van der Waals surface area contributed by atoms with Crippen molar-refractivity contribution in [3.05, 3.63) is 41.7 Å². The van der Waals surface area contributed by atoms with Gasteiger partial charge < -0.3 is 14.9 Å². The highest BCUT2D eigenvalue weighted by Crippen LogP contribution is 2.13. The molecule has 0 aromatic heterocycles. The molecule has 0 saturated heterocycles. The van der Waals surface area contributed by atoms with E-state index in [4.69, 9.17) is 14.9 Å². The number of ketones is 1. The van der Waals surface area contributed by atoms with Gasteiger partial charge in [0.2, 0.25) is 5.76 Å². The third kappa shape index (κ3) is 2.84. The Kier molecular flexibility index (Phi) is 3.66. The predicted molar refractivity (Wildman–Crippen MR) is 55.7 cm³/mol. The zero-order chi connectivity index (χ0) is 12.1. The van der Waals surface area contributed by atoms with Crippen LogP contribution in [0.1, 0.15) is 10.4 Å². The van der Waals surface area contributed by atoms with Crippen LogP contribution in [0, 0.1) is 0 Å². The number of aliphatic hydroxyl groups excluding tert-OH is 1. The average Bonchev–Trinajstić information content (AvgIpc) is 2.28. The van der Waals surface area contributed by atoms with Gasteiger partial charge in [0.25, 0.3) is 0 Å². The van der Waals surface area contributed by atoms with Crippen molar-refractivity contribution in [3.8, 4) is 5.75 Å². The Morgan fingerprint density at radius 2 is 2.00 bits per heavy atom. The summed E-state index contributed by atoms with van der Waals surface area (Å²) >= 11 is 0. The molecule has 1 rings (SSSR count). The third-order valence-corrected chi connectivity index (χ3v) is 1.84. The first-order valence-corrected chi connectivity index (χ1v) is 4.37. The van der Waals surface area contributed by atoms with Crippen LogP contribution in [0.2, 0.25) is 0 Å². The molecule has 2 N–H and O–H groups in total. The van der Waals surface area contributed by atoms with E-state index in [1.807, 2.05) is 0 Å². The fraction of sp³-hybridized carbons (Fsp3) is 0.0909. The Morgan fingerprint density at radius 3 is 2.56 bits per heavy atom. The summed E-state index contributed by atoms with van der Waals surface area (Å²) in [7, 11) is 1.45. The molecule has 16 heavy (non-hydrogen) atoms. The molecule has 0 unspecified atom stereocenters. The van der Waals surface area contributed by atoms with Crippen LogP contribution in [-0.2, 0) is 4.79 Å². The van der Waals surface area contributed by atoms with Gasteiger partial charge in [-0.2, -0.15) is 0 Å². The molecule has 1 aromatic rings. The smallest absolute Gasteiger partial charge is 0.371 e. The molecule has 0 fully saturated rings. The molecule has 0 bridgehead atoms. The quantitative estimate of drug-likeness (QED) is 0.457. The first-order valence-electron chi connectivity index (χ1n) is 4.37. The van der Waals surface area contributed by atoms with Crippen LogP contribution in [0.25, 0.3) is 0 Å². The number of carboxylic acid groups (broad SMARTS) is 1. The molecule has 0 aliphatic rings. The van der Waals surface area contributed by atoms with Crippen LogP contribution < -0.4 is 4.74 Å². The third-order valence-electron chi connectivity index (χ3n) is 1.84. The van der Waals surface area contributed by atoms with E-state index in [2.05, 4.69) is 0 Å². The summed E-state index contributed by atoms with van der Waals surface area (Å²) in [6, 6.07) is 6.19. The van der Waals surface area contributed by atoms with Crippen molar-refractivity contribution in [1.29, 1.82) is 0 Å². The number of ether oxygens (including phenoxy) is 1. The number of carbonyl (C=O) groups is 2. The van der Waals surface area contributed by atoms with Crippen molar-refractivity contribution >= 4 is 11.8 Å². The minimum atomic E-state index is -1.55. The van der Waals surface area contributed by atoms with Crippen LogP contribution >= 0.6 is 0 Å². The molecular weight excluding hydrogens is 212 g/mol. The first kappa shape index (κ1) is 11.8. The highest BCUT2D eigenvalue weighted by atomic mass is 16.5. The van der Waals surface area contributed by atoms with E-state index in [1.165, 1.54) is 19.2 Å². The van der Waals surface area contributed by atoms with Crippen molar-refractivity contribution in [2.45, 2.75) is 0 Å². The molecule has 5 heteroatoms. The molecule has 0 spiro atoms. The number of methoxy groups -OCH3 is 1.